The van der Waals surface area contributed by atoms with Crippen molar-refractivity contribution in [2.45, 2.75) is 45.1 Å². The lowest BCUT2D eigenvalue weighted by Crippen LogP contribution is -2.33. The largest absolute Gasteiger partial charge is 0.328 e. The van der Waals surface area contributed by atoms with Gasteiger partial charge in [0.2, 0.25) is 0 Å². The third kappa shape index (κ3) is 3.46. The minimum absolute atomic E-state index is 0.286. The summed E-state index contributed by atoms with van der Waals surface area (Å²) in [7, 11) is 0. The third-order valence-corrected chi connectivity index (χ3v) is 4.32. The molecule has 2 N–H and O–H groups in total. The molecule has 1 aromatic rings. The summed E-state index contributed by atoms with van der Waals surface area (Å²) >= 11 is 5.91. The van der Waals surface area contributed by atoms with Gasteiger partial charge in [-0.3, -0.25) is 0 Å². The van der Waals surface area contributed by atoms with Crippen molar-refractivity contribution in [2.75, 3.05) is 0 Å². The molecular formula is C15H22ClN. The van der Waals surface area contributed by atoms with E-state index < -0.39 is 0 Å². The van der Waals surface area contributed by atoms with Crippen molar-refractivity contribution in [3.8, 4) is 0 Å². The van der Waals surface area contributed by atoms with Crippen LogP contribution in [0.25, 0.3) is 0 Å². The van der Waals surface area contributed by atoms with Crippen molar-refractivity contribution in [3.63, 3.8) is 0 Å². The fourth-order valence-corrected chi connectivity index (χ4v) is 3.19. The maximum atomic E-state index is 6.17. The monoisotopic (exact) mass is 251 g/mol. The van der Waals surface area contributed by atoms with Crippen LogP contribution in [0, 0.1) is 11.8 Å². The van der Waals surface area contributed by atoms with Gasteiger partial charge >= 0.3 is 0 Å². The summed E-state index contributed by atoms with van der Waals surface area (Å²) in [5.74, 6) is 1.45. The highest BCUT2D eigenvalue weighted by Gasteiger charge is 2.27. The zero-order chi connectivity index (χ0) is 12.3. The van der Waals surface area contributed by atoms with Crippen LogP contribution in [0.15, 0.2) is 24.3 Å². The van der Waals surface area contributed by atoms with Crippen molar-refractivity contribution >= 4 is 11.6 Å². The van der Waals surface area contributed by atoms with Crippen LogP contribution < -0.4 is 5.73 Å². The molecule has 0 saturated heterocycles. The van der Waals surface area contributed by atoms with Gasteiger partial charge < -0.3 is 5.73 Å². The molecule has 94 valence electrons. The molecule has 0 unspecified atom stereocenters. The molecule has 0 spiro atoms. The molecule has 1 aliphatic carbocycles. The zero-order valence-corrected chi connectivity index (χ0v) is 11.3. The van der Waals surface area contributed by atoms with Crippen LogP contribution in [0.3, 0.4) is 0 Å². The molecule has 1 saturated carbocycles. The Morgan fingerprint density at radius 3 is 2.35 bits per heavy atom. The molecule has 1 fully saturated rings. The van der Waals surface area contributed by atoms with Gasteiger partial charge in [-0.2, -0.15) is 0 Å². The average Bonchev–Trinajstić information content (AvgIpc) is 2.81. The molecule has 0 aromatic heterocycles. The first-order chi connectivity index (χ1) is 8.16. The zero-order valence-electron chi connectivity index (χ0n) is 10.5. The van der Waals surface area contributed by atoms with Crippen molar-refractivity contribution < 1.29 is 0 Å². The molecule has 1 aliphatic rings. The van der Waals surface area contributed by atoms with Crippen molar-refractivity contribution in [1.29, 1.82) is 0 Å². The molecule has 0 amide bonds. The van der Waals surface area contributed by atoms with Crippen LogP contribution in [0.5, 0.6) is 0 Å². The van der Waals surface area contributed by atoms with E-state index in [4.69, 9.17) is 17.3 Å². The molecule has 2 rings (SSSR count). The van der Waals surface area contributed by atoms with Crippen molar-refractivity contribution in [2.24, 2.45) is 17.6 Å². The van der Waals surface area contributed by atoms with E-state index in [9.17, 15) is 0 Å². The highest BCUT2D eigenvalue weighted by Crippen LogP contribution is 2.34. The van der Waals surface area contributed by atoms with Crippen LogP contribution in [0.1, 0.15) is 38.2 Å². The van der Waals surface area contributed by atoms with Gasteiger partial charge in [-0.1, -0.05) is 49.4 Å². The Labute approximate surface area is 109 Å². The maximum absolute atomic E-state index is 6.17. The molecular weight excluding hydrogens is 230 g/mol. The minimum Gasteiger partial charge on any atom is -0.328 e. The predicted octanol–water partition coefficient (Wildman–Crippen LogP) is 4.04. The molecule has 0 heterocycles. The van der Waals surface area contributed by atoms with Gasteiger partial charge in [0, 0.05) is 11.1 Å². The van der Waals surface area contributed by atoms with Gasteiger partial charge in [-0.25, -0.2) is 0 Å². The number of benzene rings is 1. The molecule has 2 heteroatoms. The Morgan fingerprint density at radius 1 is 1.24 bits per heavy atom. The number of hydrogen-bond donors (Lipinski definition) is 1. The van der Waals surface area contributed by atoms with Crippen LogP contribution in [-0.4, -0.2) is 6.04 Å². The average molecular weight is 252 g/mol. The second kappa shape index (κ2) is 5.88. The Kier molecular flexibility index (Phi) is 4.47. The van der Waals surface area contributed by atoms with E-state index in [1.807, 2.05) is 12.1 Å². The SMILES string of the molecule is C[C@H](N)[C@H](Cc1ccc(Cl)cc1)C1CCCC1. The fraction of sp³-hybridized carbons (Fsp3) is 0.600. The first-order valence-electron chi connectivity index (χ1n) is 6.67. The molecule has 17 heavy (non-hydrogen) atoms. The van der Waals surface area contributed by atoms with Gasteiger partial charge in [0.15, 0.2) is 0 Å². The number of nitrogens with two attached hydrogens (primary N) is 1. The van der Waals surface area contributed by atoms with E-state index in [1.165, 1.54) is 31.2 Å². The highest BCUT2D eigenvalue weighted by atomic mass is 35.5. The summed E-state index contributed by atoms with van der Waals surface area (Å²) in [6.07, 6.45) is 6.59. The third-order valence-electron chi connectivity index (χ3n) is 4.07. The van der Waals surface area contributed by atoms with Gasteiger partial charge in [0.1, 0.15) is 0 Å². The lowest BCUT2D eigenvalue weighted by molar-refractivity contribution is 0.293. The molecule has 1 nitrogen and oxygen atoms in total. The minimum atomic E-state index is 0.286. The Balaban J connectivity index is 2.04. The summed E-state index contributed by atoms with van der Waals surface area (Å²) < 4.78 is 0. The normalized spacial score (nSPS) is 20.4. The topological polar surface area (TPSA) is 26.0 Å². The van der Waals surface area contributed by atoms with Crippen LogP contribution in [0.4, 0.5) is 0 Å². The van der Waals surface area contributed by atoms with Crippen molar-refractivity contribution in [1.82, 2.24) is 0 Å². The first kappa shape index (κ1) is 12.9. The second-order valence-corrected chi connectivity index (χ2v) is 5.83. The van der Waals surface area contributed by atoms with Gasteiger partial charge in [0.25, 0.3) is 0 Å². The van der Waals surface area contributed by atoms with Gasteiger partial charge in [0.05, 0.1) is 0 Å². The summed E-state index contributed by atoms with van der Waals surface area (Å²) in [6.45, 7) is 2.15. The molecule has 1 aromatic carbocycles. The molecule has 0 radical (unpaired) electrons. The first-order valence-corrected chi connectivity index (χ1v) is 7.04. The van der Waals surface area contributed by atoms with Crippen LogP contribution in [0.2, 0.25) is 5.02 Å². The number of halogens is 1. The van der Waals surface area contributed by atoms with E-state index in [1.54, 1.807) is 0 Å². The van der Waals surface area contributed by atoms with E-state index in [2.05, 4.69) is 19.1 Å². The Hall–Kier alpha value is -0.530. The standard InChI is InChI=1S/C15H22ClN/c1-11(17)15(13-4-2-3-5-13)10-12-6-8-14(16)9-7-12/h6-9,11,13,15H,2-5,10,17H2,1H3/t11-,15-/m0/s1. The fourth-order valence-electron chi connectivity index (χ4n) is 3.06. The van der Waals surface area contributed by atoms with Crippen molar-refractivity contribution in [3.05, 3.63) is 34.9 Å². The van der Waals surface area contributed by atoms with Gasteiger partial charge in [-0.15, -0.1) is 0 Å². The molecule has 0 bridgehead atoms. The van der Waals surface area contributed by atoms with E-state index in [0.29, 0.717) is 5.92 Å². The van der Waals surface area contributed by atoms with E-state index >= 15 is 0 Å². The molecule has 0 aliphatic heterocycles. The lowest BCUT2D eigenvalue weighted by Gasteiger charge is -2.27. The van der Waals surface area contributed by atoms with Crippen LogP contribution >= 0.6 is 11.6 Å². The summed E-state index contributed by atoms with van der Waals surface area (Å²) in [6, 6.07) is 8.50. The number of rotatable bonds is 4. The summed E-state index contributed by atoms with van der Waals surface area (Å²) in [4.78, 5) is 0. The summed E-state index contributed by atoms with van der Waals surface area (Å²) in [5, 5.41) is 0.812. The quantitative estimate of drug-likeness (QED) is 0.859. The van der Waals surface area contributed by atoms with E-state index in [0.717, 1.165) is 17.4 Å². The summed E-state index contributed by atoms with van der Waals surface area (Å²) in [5.41, 5.74) is 7.53. The highest BCUT2D eigenvalue weighted by molar-refractivity contribution is 6.30. The second-order valence-electron chi connectivity index (χ2n) is 5.40. The van der Waals surface area contributed by atoms with Gasteiger partial charge in [-0.05, 0) is 42.9 Å². The van der Waals surface area contributed by atoms with E-state index in [-0.39, 0.29) is 6.04 Å². The van der Waals surface area contributed by atoms with Crippen LogP contribution in [-0.2, 0) is 6.42 Å². The lowest BCUT2D eigenvalue weighted by atomic mass is 9.81. The Bertz CT molecular complexity index is 338. The Morgan fingerprint density at radius 2 is 1.82 bits per heavy atom. The number of hydrogen-bond acceptors (Lipinski definition) is 1. The smallest absolute Gasteiger partial charge is 0.0406 e. The maximum Gasteiger partial charge on any atom is 0.0406 e. The predicted molar refractivity (Wildman–Crippen MR) is 74.3 cm³/mol. The molecule has 2 atom stereocenters.